The fraction of sp³-hybridized carbons (Fsp3) is 0.125. The summed E-state index contributed by atoms with van der Waals surface area (Å²) in [4.78, 5) is 37.2. The highest BCUT2D eigenvalue weighted by atomic mass is 16.2. The molecule has 6 heteroatoms. The molecule has 0 radical (unpaired) electrons. The average Bonchev–Trinajstić information content (AvgIpc) is 3.05. The van der Waals surface area contributed by atoms with Gasteiger partial charge in [-0.05, 0) is 42.8 Å². The van der Waals surface area contributed by atoms with E-state index in [0.29, 0.717) is 11.1 Å². The molecule has 3 amide bonds. The van der Waals surface area contributed by atoms with E-state index in [1.165, 1.54) is 4.57 Å². The van der Waals surface area contributed by atoms with Crippen molar-refractivity contribution in [1.29, 1.82) is 0 Å². The van der Waals surface area contributed by atoms with Crippen LogP contribution in [0.5, 0.6) is 0 Å². The van der Waals surface area contributed by atoms with Crippen molar-refractivity contribution in [3.8, 4) is 11.8 Å². The van der Waals surface area contributed by atoms with Gasteiger partial charge in [0.2, 0.25) is 0 Å². The van der Waals surface area contributed by atoms with Gasteiger partial charge in [-0.2, -0.15) is 0 Å². The highest BCUT2D eigenvalue weighted by molar-refractivity contribution is 6.07. The molecule has 0 bridgehead atoms. The summed E-state index contributed by atoms with van der Waals surface area (Å²) in [6, 6.07) is 19.6. The van der Waals surface area contributed by atoms with Crippen LogP contribution in [-0.4, -0.2) is 16.5 Å². The Bertz CT molecular complexity index is 1230. The van der Waals surface area contributed by atoms with Crippen molar-refractivity contribution in [3.05, 3.63) is 106 Å². The topological polar surface area (TPSA) is 80.2 Å². The summed E-state index contributed by atoms with van der Waals surface area (Å²) in [5.74, 6) is 5.67. The average molecular weight is 397 g/mol. The van der Waals surface area contributed by atoms with E-state index in [2.05, 4.69) is 22.5 Å². The van der Waals surface area contributed by atoms with Gasteiger partial charge in [0.05, 0.1) is 6.54 Å². The van der Waals surface area contributed by atoms with Crippen molar-refractivity contribution in [2.45, 2.75) is 19.0 Å². The molecule has 0 spiro atoms. The number of hydrogen-bond donors (Lipinski definition) is 2. The zero-order chi connectivity index (χ0) is 21.1. The Labute approximate surface area is 173 Å². The molecule has 30 heavy (non-hydrogen) atoms. The fourth-order valence-electron chi connectivity index (χ4n) is 3.44. The Morgan fingerprint density at radius 3 is 2.17 bits per heavy atom. The second kappa shape index (κ2) is 7.72. The molecule has 148 valence electrons. The third-order valence-corrected chi connectivity index (χ3v) is 5.06. The molecule has 4 rings (SSSR count). The van der Waals surface area contributed by atoms with Crippen LogP contribution >= 0.6 is 0 Å². The summed E-state index contributed by atoms with van der Waals surface area (Å²) >= 11 is 0. The molecular formula is C24H19N3O3. The van der Waals surface area contributed by atoms with E-state index in [1.54, 1.807) is 49.5 Å². The smallest absolute Gasteiger partial charge is 0.318 e. The van der Waals surface area contributed by atoms with Gasteiger partial charge in [-0.1, -0.05) is 48.2 Å². The van der Waals surface area contributed by atoms with Crippen molar-refractivity contribution in [1.82, 2.24) is 15.2 Å². The second-order valence-corrected chi connectivity index (χ2v) is 7.13. The number of nitrogens with zero attached hydrogens (tertiary/aromatic N) is 1. The van der Waals surface area contributed by atoms with Crippen LogP contribution in [0.4, 0.5) is 4.79 Å². The van der Waals surface area contributed by atoms with Gasteiger partial charge < -0.3 is 9.88 Å². The number of imide groups is 1. The summed E-state index contributed by atoms with van der Waals surface area (Å²) in [7, 11) is 0. The van der Waals surface area contributed by atoms with Crippen LogP contribution in [-0.2, 0) is 16.9 Å². The van der Waals surface area contributed by atoms with Gasteiger partial charge in [-0.15, -0.1) is 0 Å². The molecule has 2 N–H and O–H groups in total. The largest absolute Gasteiger partial charge is 0.322 e. The summed E-state index contributed by atoms with van der Waals surface area (Å²) in [5.41, 5.74) is 1.22. The molecule has 1 fully saturated rings. The van der Waals surface area contributed by atoms with Crippen molar-refractivity contribution < 1.29 is 9.59 Å². The minimum absolute atomic E-state index is 0.0138. The summed E-state index contributed by atoms with van der Waals surface area (Å²) in [6.45, 7) is 1.69. The third kappa shape index (κ3) is 3.61. The molecule has 1 aliphatic heterocycles. The number of nitrogens with one attached hydrogen (secondary N) is 2. The lowest BCUT2D eigenvalue weighted by Gasteiger charge is -2.27. The van der Waals surface area contributed by atoms with Gasteiger partial charge in [0, 0.05) is 22.9 Å². The molecule has 1 saturated heterocycles. The first-order valence-corrected chi connectivity index (χ1v) is 9.45. The number of carbonyl (C=O) groups is 2. The first-order valence-electron chi connectivity index (χ1n) is 9.45. The van der Waals surface area contributed by atoms with Crippen molar-refractivity contribution in [2.24, 2.45) is 0 Å². The Balaban J connectivity index is 1.69. The van der Waals surface area contributed by atoms with Crippen LogP contribution in [0.15, 0.2) is 77.7 Å². The monoisotopic (exact) mass is 397 g/mol. The molecule has 6 nitrogen and oxygen atoms in total. The number of benzene rings is 2. The van der Waals surface area contributed by atoms with E-state index in [1.807, 2.05) is 30.3 Å². The zero-order valence-electron chi connectivity index (χ0n) is 16.3. The number of pyridine rings is 1. The quantitative estimate of drug-likeness (QED) is 0.526. The van der Waals surface area contributed by atoms with Crippen LogP contribution in [0.25, 0.3) is 0 Å². The van der Waals surface area contributed by atoms with Crippen molar-refractivity contribution in [2.75, 3.05) is 0 Å². The number of carbonyl (C=O) groups excluding carboxylic acids is 2. The van der Waals surface area contributed by atoms with Gasteiger partial charge in [-0.25, -0.2) is 4.79 Å². The SMILES string of the molecule is Cc1cccn(CC2(c3ccc(C#Cc4ccccc4)cc3)NC(=O)NC2=O)c1=O. The van der Waals surface area contributed by atoms with E-state index in [-0.39, 0.29) is 12.1 Å². The maximum Gasteiger partial charge on any atom is 0.322 e. The minimum Gasteiger partial charge on any atom is -0.318 e. The van der Waals surface area contributed by atoms with Crippen molar-refractivity contribution in [3.63, 3.8) is 0 Å². The lowest BCUT2D eigenvalue weighted by molar-refractivity contribution is -0.124. The van der Waals surface area contributed by atoms with E-state index in [9.17, 15) is 14.4 Å². The molecule has 1 unspecified atom stereocenters. The Hall–Kier alpha value is -4.11. The van der Waals surface area contributed by atoms with Crippen molar-refractivity contribution >= 4 is 11.9 Å². The van der Waals surface area contributed by atoms with E-state index >= 15 is 0 Å². The highest BCUT2D eigenvalue weighted by Crippen LogP contribution is 2.27. The molecule has 1 aromatic heterocycles. The Kier molecular flexibility index (Phi) is 4.95. The zero-order valence-corrected chi connectivity index (χ0v) is 16.3. The van der Waals surface area contributed by atoms with Gasteiger partial charge in [0.25, 0.3) is 11.5 Å². The number of hydrogen-bond acceptors (Lipinski definition) is 3. The maximum atomic E-state index is 12.8. The molecule has 2 heterocycles. The molecule has 3 aromatic rings. The lowest BCUT2D eigenvalue weighted by Crippen LogP contribution is -2.49. The lowest BCUT2D eigenvalue weighted by atomic mass is 9.89. The number of aryl methyl sites for hydroxylation is 1. The van der Waals surface area contributed by atoms with Crippen LogP contribution in [0.2, 0.25) is 0 Å². The van der Waals surface area contributed by atoms with Gasteiger partial charge in [0.1, 0.15) is 0 Å². The molecule has 2 aromatic carbocycles. The van der Waals surface area contributed by atoms with Crippen LogP contribution in [0.1, 0.15) is 22.3 Å². The van der Waals surface area contributed by atoms with Crippen LogP contribution in [0, 0.1) is 18.8 Å². The molecule has 0 aliphatic carbocycles. The predicted molar refractivity (Wildman–Crippen MR) is 113 cm³/mol. The molecule has 1 atom stereocenters. The highest BCUT2D eigenvalue weighted by Gasteiger charge is 2.48. The maximum absolute atomic E-state index is 12.8. The Morgan fingerprint density at radius 2 is 1.53 bits per heavy atom. The predicted octanol–water partition coefficient (Wildman–Crippen LogP) is 2.29. The molecule has 0 saturated carbocycles. The standard InChI is InChI=1S/C24H19N3O3/c1-17-6-5-15-27(21(17)28)16-24(22(29)25-23(30)26-24)20-13-11-19(12-14-20)10-9-18-7-3-2-4-8-18/h2-8,11-15H,16H2,1H3,(H2,25,26,29,30). The van der Waals surface area contributed by atoms with E-state index in [0.717, 1.165) is 11.1 Å². The van der Waals surface area contributed by atoms with E-state index < -0.39 is 17.5 Å². The number of amides is 3. The summed E-state index contributed by atoms with van der Waals surface area (Å²) in [6.07, 6.45) is 1.61. The normalized spacial score (nSPS) is 17.6. The van der Waals surface area contributed by atoms with Gasteiger partial charge >= 0.3 is 6.03 Å². The number of aromatic nitrogens is 1. The first-order chi connectivity index (χ1) is 14.5. The molecular weight excluding hydrogens is 378 g/mol. The van der Waals surface area contributed by atoms with Crippen LogP contribution in [0.3, 0.4) is 0 Å². The third-order valence-electron chi connectivity index (χ3n) is 5.06. The van der Waals surface area contributed by atoms with Gasteiger partial charge in [-0.3, -0.25) is 14.9 Å². The minimum atomic E-state index is -1.37. The first kappa shape index (κ1) is 19.2. The number of urea groups is 1. The molecule has 1 aliphatic rings. The Morgan fingerprint density at radius 1 is 0.867 bits per heavy atom. The summed E-state index contributed by atoms with van der Waals surface area (Å²) in [5, 5.41) is 5.00. The number of rotatable bonds is 3. The summed E-state index contributed by atoms with van der Waals surface area (Å²) < 4.78 is 1.43. The van der Waals surface area contributed by atoms with Gasteiger partial charge in [0.15, 0.2) is 5.54 Å². The van der Waals surface area contributed by atoms with Crippen LogP contribution < -0.4 is 16.2 Å². The van der Waals surface area contributed by atoms with E-state index in [4.69, 9.17) is 0 Å². The second-order valence-electron chi connectivity index (χ2n) is 7.13. The fourth-order valence-corrected chi connectivity index (χ4v) is 3.44.